The van der Waals surface area contributed by atoms with E-state index in [1.54, 1.807) is 32.9 Å². The van der Waals surface area contributed by atoms with Gasteiger partial charge in [0.1, 0.15) is 29.3 Å². The van der Waals surface area contributed by atoms with Crippen molar-refractivity contribution in [3.05, 3.63) is 47.0 Å². The van der Waals surface area contributed by atoms with Crippen LogP contribution in [0.3, 0.4) is 0 Å². The second-order valence-corrected chi connectivity index (χ2v) is 16.4. The van der Waals surface area contributed by atoms with Crippen LogP contribution in [0.1, 0.15) is 88.9 Å². The van der Waals surface area contributed by atoms with Crippen LogP contribution in [0.25, 0.3) is 0 Å². The summed E-state index contributed by atoms with van der Waals surface area (Å²) >= 11 is 6.05. The first-order valence-electron chi connectivity index (χ1n) is 16.4. The van der Waals surface area contributed by atoms with E-state index in [0.717, 1.165) is 12.8 Å². The van der Waals surface area contributed by atoms with Crippen LogP contribution in [-0.4, -0.2) is 84.2 Å². The molecule has 2 heterocycles. The van der Waals surface area contributed by atoms with E-state index in [-0.39, 0.29) is 31.4 Å². The fraction of sp³-hybridized carbons (Fsp3) is 0.606. The lowest BCUT2D eigenvalue weighted by molar-refractivity contribution is -0.141. The molecule has 0 radical (unpaired) electrons. The van der Waals surface area contributed by atoms with E-state index in [4.69, 9.17) is 21.1 Å². The van der Waals surface area contributed by atoms with Crippen molar-refractivity contribution in [3.63, 3.8) is 0 Å². The van der Waals surface area contributed by atoms with Gasteiger partial charge in [-0.3, -0.25) is 19.1 Å². The summed E-state index contributed by atoms with van der Waals surface area (Å²) in [6, 6.07) is 3.92. The zero-order valence-electron chi connectivity index (χ0n) is 27.3. The number of sulfonamides is 1. The lowest BCUT2D eigenvalue weighted by Crippen LogP contribution is -2.58. The predicted octanol–water partition coefficient (Wildman–Crippen LogP) is 3.36. The van der Waals surface area contributed by atoms with E-state index in [1.807, 2.05) is 12.2 Å². The fourth-order valence-electron chi connectivity index (χ4n) is 6.13. The summed E-state index contributed by atoms with van der Waals surface area (Å²) in [7, 11) is -3.90. The van der Waals surface area contributed by atoms with Crippen molar-refractivity contribution in [1.29, 1.82) is 0 Å². The van der Waals surface area contributed by atoms with Crippen LogP contribution in [-0.2, 0) is 33.9 Å². The lowest BCUT2D eigenvalue weighted by Gasteiger charge is -2.30. The summed E-state index contributed by atoms with van der Waals surface area (Å²) in [6.45, 7) is 4.94. The molecule has 0 unspecified atom stereocenters. The number of amides is 4. The molecule has 0 bridgehead atoms. The zero-order valence-corrected chi connectivity index (χ0v) is 28.9. The summed E-state index contributed by atoms with van der Waals surface area (Å²) < 4.78 is 38.7. The van der Waals surface area contributed by atoms with Gasteiger partial charge >= 0.3 is 12.1 Å². The Labute approximate surface area is 285 Å². The molecule has 13 nitrogen and oxygen atoms in total. The third kappa shape index (κ3) is 8.68. The van der Waals surface area contributed by atoms with E-state index in [9.17, 15) is 32.4 Å². The minimum Gasteiger partial charge on any atom is -0.457 e. The first-order chi connectivity index (χ1) is 22.6. The number of esters is 1. The maximum absolute atomic E-state index is 14.2. The molecule has 5 rings (SSSR count). The fourth-order valence-corrected chi connectivity index (χ4v) is 7.69. The number of benzene rings is 1. The second-order valence-electron chi connectivity index (χ2n) is 14.0. The van der Waals surface area contributed by atoms with Gasteiger partial charge in [-0.25, -0.2) is 18.0 Å². The molecule has 2 aliphatic heterocycles. The number of hydrogen-bond acceptors (Lipinski definition) is 9. The molecular weight excluding hydrogens is 664 g/mol. The summed E-state index contributed by atoms with van der Waals surface area (Å²) in [4.78, 5) is 68.9. The van der Waals surface area contributed by atoms with Gasteiger partial charge < -0.3 is 25.0 Å². The number of carbonyl (C=O) groups excluding carboxylic acids is 5. The van der Waals surface area contributed by atoms with Crippen molar-refractivity contribution in [2.24, 2.45) is 5.92 Å². The normalized spacial score (nSPS) is 28.8. The summed E-state index contributed by atoms with van der Waals surface area (Å²) in [5.41, 5.74) is -2.17. The summed E-state index contributed by atoms with van der Waals surface area (Å²) in [5.74, 6) is -3.26. The maximum Gasteiger partial charge on any atom is 0.408 e. The highest BCUT2D eigenvalue weighted by molar-refractivity contribution is 7.91. The zero-order chi connectivity index (χ0) is 34.9. The number of carbonyl (C=O) groups is 5. The summed E-state index contributed by atoms with van der Waals surface area (Å²) in [6.07, 6.45) is 6.07. The van der Waals surface area contributed by atoms with Crippen molar-refractivity contribution in [1.82, 2.24) is 20.3 Å². The molecule has 2 aliphatic carbocycles. The average molecular weight is 707 g/mol. The Kier molecular flexibility index (Phi) is 10.4. The second kappa shape index (κ2) is 14.1. The molecule has 4 aliphatic rings. The number of ether oxygens (including phenoxy) is 2. The molecule has 1 aromatic carbocycles. The van der Waals surface area contributed by atoms with Crippen LogP contribution < -0.4 is 15.4 Å². The largest absolute Gasteiger partial charge is 0.457 e. The first kappa shape index (κ1) is 35.7. The van der Waals surface area contributed by atoms with E-state index in [1.165, 1.54) is 17.0 Å². The molecule has 1 aromatic rings. The van der Waals surface area contributed by atoms with E-state index in [0.29, 0.717) is 30.7 Å². The molecule has 262 valence electrons. The number of alkyl carbamates (subject to hydrolysis) is 1. The third-order valence-electron chi connectivity index (χ3n) is 8.87. The Bertz CT molecular complexity index is 1590. The highest BCUT2D eigenvalue weighted by atomic mass is 35.5. The predicted molar refractivity (Wildman–Crippen MR) is 175 cm³/mol. The quantitative estimate of drug-likeness (QED) is 0.296. The van der Waals surface area contributed by atoms with Gasteiger partial charge in [0.25, 0.3) is 5.91 Å². The number of allylic oxidation sites excluding steroid dienone is 1. The third-order valence-corrected chi connectivity index (χ3v) is 10.9. The number of nitrogens with one attached hydrogen (secondary N) is 3. The maximum atomic E-state index is 14.2. The molecule has 1 saturated heterocycles. The molecule has 3 fully saturated rings. The highest BCUT2D eigenvalue weighted by Crippen LogP contribution is 2.46. The van der Waals surface area contributed by atoms with Crippen molar-refractivity contribution < 1.29 is 41.9 Å². The number of rotatable bonds is 6. The minimum atomic E-state index is -3.90. The number of halogens is 1. The number of nitrogens with zero attached hydrogens (tertiary/aromatic N) is 1. The van der Waals surface area contributed by atoms with Crippen LogP contribution in [0, 0.1) is 5.92 Å². The smallest absolute Gasteiger partial charge is 0.408 e. The van der Waals surface area contributed by atoms with Gasteiger partial charge in [0.2, 0.25) is 21.8 Å². The Hall–Kier alpha value is -3.65. The summed E-state index contributed by atoms with van der Waals surface area (Å²) in [5, 5.41) is 5.13. The Morgan fingerprint density at radius 3 is 2.52 bits per heavy atom. The van der Waals surface area contributed by atoms with Crippen LogP contribution in [0.4, 0.5) is 4.79 Å². The van der Waals surface area contributed by atoms with Crippen LogP contribution >= 0.6 is 11.6 Å². The molecular formula is C33H43ClN4O9S. The van der Waals surface area contributed by atoms with Crippen molar-refractivity contribution in [3.8, 4) is 0 Å². The van der Waals surface area contributed by atoms with Gasteiger partial charge in [-0.2, -0.15) is 0 Å². The molecule has 15 heteroatoms. The van der Waals surface area contributed by atoms with Crippen LogP contribution in [0.15, 0.2) is 36.4 Å². The van der Waals surface area contributed by atoms with Gasteiger partial charge in [-0.05, 0) is 77.5 Å². The van der Waals surface area contributed by atoms with Gasteiger partial charge in [-0.1, -0.05) is 42.7 Å². The Balaban J connectivity index is 1.43. The SMILES string of the molecule is CC(C)(C)OC(=O)N[C@H]1CCCCC/C=C\[C@H]2C[C@@]2(C(=O)NS(=O)(=O)C2CC2)NC(=O)[C@@H]2C[C@@H](OC(=O)c3cccc(Cl)c3)CN2C1=O. The molecule has 3 N–H and O–H groups in total. The van der Waals surface area contributed by atoms with Crippen molar-refractivity contribution in [2.45, 2.75) is 113 Å². The van der Waals surface area contributed by atoms with E-state index < -0.39 is 80.3 Å². The lowest BCUT2D eigenvalue weighted by atomic mass is 10.0. The topological polar surface area (TPSA) is 177 Å². The molecule has 0 aromatic heterocycles. The Morgan fingerprint density at radius 1 is 1.08 bits per heavy atom. The molecule has 5 atom stereocenters. The number of hydrogen-bond donors (Lipinski definition) is 3. The van der Waals surface area contributed by atoms with Gasteiger partial charge in [0.05, 0.1) is 17.4 Å². The average Bonchev–Trinajstić information content (AvgIpc) is 3.91. The molecule has 48 heavy (non-hydrogen) atoms. The molecule has 0 spiro atoms. The minimum absolute atomic E-state index is 0.0956. The molecule has 4 amide bonds. The first-order valence-corrected chi connectivity index (χ1v) is 18.3. The highest BCUT2D eigenvalue weighted by Gasteiger charge is 2.62. The van der Waals surface area contributed by atoms with Gasteiger partial charge in [-0.15, -0.1) is 0 Å². The van der Waals surface area contributed by atoms with E-state index >= 15 is 0 Å². The van der Waals surface area contributed by atoms with Crippen LogP contribution in [0.2, 0.25) is 5.02 Å². The monoisotopic (exact) mass is 706 g/mol. The van der Waals surface area contributed by atoms with Gasteiger partial charge in [0, 0.05) is 17.4 Å². The molecule has 2 saturated carbocycles. The van der Waals surface area contributed by atoms with Gasteiger partial charge in [0.15, 0.2) is 0 Å². The van der Waals surface area contributed by atoms with Crippen molar-refractivity contribution >= 4 is 51.4 Å². The number of fused-ring (bicyclic) bond motifs is 2. The standard InChI is InChI=1S/C33H43ClN4O9S/c1-32(2,3)47-31(43)35-25-13-8-6-4-5-7-11-21-18-33(21,30(42)37-48(44,45)24-14-15-24)36-27(39)26-17-23(19-38(26)28(25)40)46-29(41)20-10-9-12-22(34)16-20/h7,9-12,16,21,23-26H,4-6,8,13-15,17-19H2,1-3H3,(H,35,43)(H,36,39)(H,37,42)/b11-7-/t21-,23+,25-,26-,33+/m0/s1. The van der Waals surface area contributed by atoms with Crippen molar-refractivity contribution in [2.75, 3.05) is 6.54 Å². The Morgan fingerprint density at radius 2 is 1.83 bits per heavy atom. The van der Waals surface area contributed by atoms with E-state index in [2.05, 4.69) is 15.4 Å². The van der Waals surface area contributed by atoms with Crippen LogP contribution in [0.5, 0.6) is 0 Å².